The van der Waals surface area contributed by atoms with E-state index < -0.39 is 33.9 Å². The lowest BCUT2D eigenvalue weighted by Crippen LogP contribution is -2.01. The predicted octanol–water partition coefficient (Wildman–Crippen LogP) is 2.87. The molecule has 0 saturated heterocycles. The Morgan fingerprint density at radius 3 is 2.00 bits per heavy atom. The highest BCUT2D eigenvalue weighted by molar-refractivity contribution is 6.31. The first-order chi connectivity index (χ1) is 7.95. The number of hydrogen-bond donors (Lipinski definition) is 2. The quantitative estimate of drug-likeness (QED) is 0.473. The predicted molar refractivity (Wildman–Crippen MR) is 53.3 cm³/mol. The van der Waals surface area contributed by atoms with Gasteiger partial charge in [-0.15, -0.1) is 0 Å². The van der Waals surface area contributed by atoms with E-state index in [2.05, 4.69) is 10.2 Å². The number of hydrogen-bond acceptors (Lipinski definition) is 2. The van der Waals surface area contributed by atoms with E-state index in [1.807, 2.05) is 0 Å². The zero-order chi connectivity index (χ0) is 12.7. The summed E-state index contributed by atoms with van der Waals surface area (Å²) in [5.74, 6) is -6.82. The number of anilines is 1. The summed E-state index contributed by atoms with van der Waals surface area (Å²) in [5.41, 5.74) is 4.09. The Morgan fingerprint density at radius 1 is 1.06 bits per heavy atom. The Kier molecular flexibility index (Phi) is 2.70. The van der Waals surface area contributed by atoms with Gasteiger partial charge in [-0.1, -0.05) is 11.6 Å². The van der Waals surface area contributed by atoms with E-state index in [1.54, 1.807) is 0 Å². The fourth-order valence-electron chi connectivity index (χ4n) is 1.34. The van der Waals surface area contributed by atoms with Crippen molar-refractivity contribution in [2.45, 2.75) is 0 Å². The largest absolute Gasteiger partial charge is 0.384 e. The normalized spacial score (nSPS) is 10.9. The Hall–Kier alpha value is -1.76. The van der Waals surface area contributed by atoms with Crippen LogP contribution in [0.1, 0.15) is 0 Å². The van der Waals surface area contributed by atoms with Crippen LogP contribution >= 0.6 is 11.6 Å². The summed E-state index contributed by atoms with van der Waals surface area (Å²) in [5, 5.41) is 4.35. The Balaban J connectivity index is 2.84. The Labute approximate surface area is 97.2 Å². The molecule has 2 aromatic rings. The molecule has 8 heteroatoms. The molecular weight excluding hydrogens is 262 g/mol. The number of aromatic amines is 1. The first-order valence-corrected chi connectivity index (χ1v) is 4.63. The van der Waals surface area contributed by atoms with Gasteiger partial charge >= 0.3 is 0 Å². The lowest BCUT2D eigenvalue weighted by Gasteiger charge is -2.07. The average Bonchev–Trinajstić information content (AvgIpc) is 2.71. The lowest BCUT2D eigenvalue weighted by atomic mass is 10.1. The van der Waals surface area contributed by atoms with Crippen LogP contribution in [0.15, 0.2) is 6.20 Å². The summed E-state index contributed by atoms with van der Waals surface area (Å²) < 4.78 is 53.3. The van der Waals surface area contributed by atoms with Crippen LogP contribution in [0.3, 0.4) is 0 Å². The molecule has 3 nitrogen and oxygen atoms in total. The number of nitrogens with one attached hydrogen (secondary N) is 1. The molecule has 3 N–H and O–H groups in total. The van der Waals surface area contributed by atoms with Crippen LogP contribution in [-0.2, 0) is 0 Å². The maximum absolute atomic E-state index is 13.5. The molecule has 1 aromatic carbocycles. The number of halogens is 5. The van der Waals surface area contributed by atoms with E-state index in [1.165, 1.54) is 0 Å². The molecule has 0 bridgehead atoms. The molecule has 0 aliphatic carbocycles. The van der Waals surface area contributed by atoms with Gasteiger partial charge in [0.15, 0.2) is 23.3 Å². The van der Waals surface area contributed by atoms with Crippen LogP contribution in [0, 0.1) is 23.3 Å². The molecule has 0 aliphatic rings. The van der Waals surface area contributed by atoms with Gasteiger partial charge in [-0.3, -0.25) is 5.10 Å². The topological polar surface area (TPSA) is 54.7 Å². The second-order valence-electron chi connectivity index (χ2n) is 3.14. The zero-order valence-electron chi connectivity index (χ0n) is 7.99. The molecule has 2 rings (SSSR count). The maximum atomic E-state index is 13.5. The number of nitrogen functional groups attached to an aromatic ring is 1. The molecule has 0 unspecified atom stereocenters. The molecule has 0 fully saturated rings. The fraction of sp³-hybridized carbons (Fsp3) is 0. The van der Waals surface area contributed by atoms with E-state index >= 15 is 0 Å². The Bertz CT molecular complexity index is 567. The number of nitrogens with two attached hydrogens (primary N) is 1. The van der Waals surface area contributed by atoms with E-state index in [0.717, 1.165) is 6.20 Å². The molecule has 1 aromatic heterocycles. The lowest BCUT2D eigenvalue weighted by molar-refractivity contribution is 0.459. The first kappa shape index (κ1) is 11.7. The third-order valence-corrected chi connectivity index (χ3v) is 2.48. The highest BCUT2D eigenvalue weighted by Gasteiger charge is 2.26. The summed E-state index contributed by atoms with van der Waals surface area (Å²) in [7, 11) is 0. The molecule has 0 spiro atoms. The van der Waals surface area contributed by atoms with Gasteiger partial charge in [-0.25, -0.2) is 17.6 Å². The van der Waals surface area contributed by atoms with Crippen molar-refractivity contribution in [2.75, 3.05) is 5.73 Å². The number of rotatable bonds is 1. The van der Waals surface area contributed by atoms with E-state index in [0.29, 0.717) is 0 Å². The highest BCUT2D eigenvalue weighted by atomic mass is 35.5. The molecule has 90 valence electrons. The van der Waals surface area contributed by atoms with E-state index in [9.17, 15) is 17.6 Å². The molecular formula is C9H4ClF4N3. The van der Waals surface area contributed by atoms with Crippen LogP contribution < -0.4 is 5.73 Å². The van der Waals surface area contributed by atoms with Crippen LogP contribution in [0.2, 0.25) is 5.02 Å². The molecule has 0 amide bonds. The van der Waals surface area contributed by atoms with Crippen LogP contribution in [-0.4, -0.2) is 10.2 Å². The molecule has 0 radical (unpaired) electrons. The minimum Gasteiger partial charge on any atom is -0.384 e. The number of benzene rings is 1. The van der Waals surface area contributed by atoms with Gasteiger partial charge in [0.2, 0.25) is 0 Å². The number of aromatic nitrogens is 2. The van der Waals surface area contributed by atoms with E-state index in [4.69, 9.17) is 17.3 Å². The molecule has 17 heavy (non-hydrogen) atoms. The van der Waals surface area contributed by atoms with Crippen molar-refractivity contribution in [3.8, 4) is 11.1 Å². The molecule has 0 saturated carbocycles. The van der Waals surface area contributed by atoms with Crippen molar-refractivity contribution < 1.29 is 17.6 Å². The Morgan fingerprint density at radius 2 is 1.59 bits per heavy atom. The minimum atomic E-state index is -1.68. The average molecular weight is 266 g/mol. The molecule has 0 atom stereocenters. The van der Waals surface area contributed by atoms with Gasteiger partial charge in [0, 0.05) is 5.56 Å². The summed E-state index contributed by atoms with van der Waals surface area (Å²) in [6.07, 6.45) is 0.948. The van der Waals surface area contributed by atoms with Crippen LogP contribution in [0.5, 0.6) is 0 Å². The van der Waals surface area contributed by atoms with Gasteiger partial charge in [-0.05, 0) is 0 Å². The van der Waals surface area contributed by atoms with Gasteiger partial charge in [-0.2, -0.15) is 5.10 Å². The maximum Gasteiger partial charge on any atom is 0.181 e. The van der Waals surface area contributed by atoms with Crippen molar-refractivity contribution in [3.05, 3.63) is 34.5 Å². The van der Waals surface area contributed by atoms with Crippen molar-refractivity contribution in [3.63, 3.8) is 0 Å². The fourth-order valence-corrected chi connectivity index (χ4v) is 1.50. The summed E-state index contributed by atoms with van der Waals surface area (Å²) in [6.45, 7) is 0. The smallest absolute Gasteiger partial charge is 0.181 e. The number of H-pyrrole nitrogens is 1. The second-order valence-corrected chi connectivity index (χ2v) is 3.52. The molecule has 1 heterocycles. The van der Waals surface area contributed by atoms with Crippen LogP contribution in [0.25, 0.3) is 11.1 Å². The van der Waals surface area contributed by atoms with Crippen LogP contribution in [0.4, 0.5) is 23.4 Å². The SMILES string of the molecule is Nc1[nH]ncc1-c1c(F)c(F)c(Cl)c(F)c1F. The van der Waals surface area contributed by atoms with E-state index in [-0.39, 0.29) is 11.4 Å². The third kappa shape index (κ3) is 1.62. The van der Waals surface area contributed by atoms with Gasteiger partial charge in [0.1, 0.15) is 10.8 Å². The third-order valence-electron chi connectivity index (χ3n) is 2.15. The van der Waals surface area contributed by atoms with Gasteiger partial charge in [0.05, 0.1) is 11.8 Å². The minimum absolute atomic E-state index is 0.219. The summed E-state index contributed by atoms with van der Waals surface area (Å²) >= 11 is 5.08. The number of nitrogens with zero attached hydrogens (tertiary/aromatic N) is 1. The highest BCUT2D eigenvalue weighted by Crippen LogP contribution is 2.35. The second kappa shape index (κ2) is 3.92. The summed E-state index contributed by atoms with van der Waals surface area (Å²) in [6, 6.07) is 0. The molecule has 0 aliphatic heterocycles. The van der Waals surface area contributed by atoms with Crippen molar-refractivity contribution in [1.29, 1.82) is 0 Å². The monoisotopic (exact) mass is 265 g/mol. The van der Waals surface area contributed by atoms with Crippen molar-refractivity contribution in [2.24, 2.45) is 0 Å². The van der Waals surface area contributed by atoms with Crippen molar-refractivity contribution in [1.82, 2.24) is 10.2 Å². The first-order valence-electron chi connectivity index (χ1n) is 4.25. The zero-order valence-corrected chi connectivity index (χ0v) is 8.75. The van der Waals surface area contributed by atoms with Gasteiger partial charge < -0.3 is 5.73 Å². The van der Waals surface area contributed by atoms with Crippen molar-refractivity contribution >= 4 is 17.4 Å². The standard InChI is InChI=1S/C9H4ClF4N3/c10-4-7(13)5(11)3(6(12)8(4)14)2-1-16-17-9(2)15/h1H,(H3,15,16,17). The van der Waals surface area contributed by atoms with Gasteiger partial charge in [0.25, 0.3) is 0 Å². The summed E-state index contributed by atoms with van der Waals surface area (Å²) in [4.78, 5) is 0.